The molecule has 5 nitrogen and oxygen atoms in total. The Morgan fingerprint density at radius 3 is 2.74 bits per heavy atom. The minimum atomic E-state index is -0.886. The quantitative estimate of drug-likeness (QED) is 0.775. The van der Waals surface area contributed by atoms with Crippen LogP contribution in [-0.2, 0) is 11.2 Å². The molecule has 0 saturated carbocycles. The van der Waals surface area contributed by atoms with Crippen molar-refractivity contribution in [1.29, 1.82) is 0 Å². The van der Waals surface area contributed by atoms with E-state index in [0.717, 1.165) is 5.56 Å². The molecule has 0 spiro atoms. The highest BCUT2D eigenvalue weighted by Crippen LogP contribution is 2.23. The molecule has 1 aromatic carbocycles. The first-order valence-electron chi connectivity index (χ1n) is 5.85. The summed E-state index contributed by atoms with van der Waals surface area (Å²) in [6.07, 6.45) is 3.33. The Morgan fingerprint density at radius 1 is 1.21 bits per heavy atom. The van der Waals surface area contributed by atoms with Crippen molar-refractivity contribution in [1.82, 2.24) is 14.4 Å². The van der Waals surface area contributed by atoms with Gasteiger partial charge in [-0.25, -0.2) is 9.97 Å². The third-order valence-electron chi connectivity index (χ3n) is 2.87. The summed E-state index contributed by atoms with van der Waals surface area (Å²) in [7, 11) is 0. The lowest BCUT2D eigenvalue weighted by Gasteiger charge is -2.01. The van der Waals surface area contributed by atoms with Gasteiger partial charge in [0.25, 0.3) is 0 Å². The van der Waals surface area contributed by atoms with Crippen molar-refractivity contribution in [3.05, 3.63) is 54.5 Å². The predicted molar refractivity (Wildman–Crippen MR) is 69.8 cm³/mol. The smallest absolute Gasteiger partial charge is 0.309 e. The maximum Gasteiger partial charge on any atom is 0.309 e. The molecule has 0 saturated heterocycles. The lowest BCUT2D eigenvalue weighted by Crippen LogP contribution is -2.04. The average Bonchev–Trinajstić information content (AvgIpc) is 2.78. The van der Waals surface area contributed by atoms with E-state index < -0.39 is 5.97 Å². The molecule has 0 unspecified atom stereocenters. The minimum Gasteiger partial charge on any atom is -0.481 e. The van der Waals surface area contributed by atoms with Crippen LogP contribution in [0.3, 0.4) is 0 Å². The second-order valence-corrected chi connectivity index (χ2v) is 4.13. The van der Waals surface area contributed by atoms with Gasteiger partial charge in [0, 0.05) is 18.0 Å². The number of carbonyl (C=O) groups is 1. The Labute approximate surface area is 109 Å². The Morgan fingerprint density at radius 2 is 2.00 bits per heavy atom. The van der Waals surface area contributed by atoms with Crippen LogP contribution in [0.1, 0.15) is 5.69 Å². The summed E-state index contributed by atoms with van der Waals surface area (Å²) in [6, 6.07) is 11.3. The highest BCUT2D eigenvalue weighted by atomic mass is 16.4. The number of rotatable bonds is 3. The molecular formula is C14H11N3O2. The van der Waals surface area contributed by atoms with Gasteiger partial charge in [-0.3, -0.25) is 9.20 Å². The molecule has 0 radical (unpaired) electrons. The molecule has 0 bridgehead atoms. The summed E-state index contributed by atoms with van der Waals surface area (Å²) in [5.74, 6) is -0.375. The molecule has 5 heteroatoms. The van der Waals surface area contributed by atoms with Crippen LogP contribution in [0.4, 0.5) is 0 Å². The third-order valence-corrected chi connectivity index (χ3v) is 2.87. The normalized spacial score (nSPS) is 10.7. The van der Waals surface area contributed by atoms with Crippen LogP contribution in [0.2, 0.25) is 0 Å². The maximum absolute atomic E-state index is 11.0. The van der Waals surface area contributed by atoms with Crippen molar-refractivity contribution in [3.63, 3.8) is 0 Å². The van der Waals surface area contributed by atoms with Crippen molar-refractivity contribution in [2.45, 2.75) is 6.42 Å². The first-order chi connectivity index (χ1) is 9.25. The van der Waals surface area contributed by atoms with Crippen molar-refractivity contribution in [2.24, 2.45) is 0 Å². The molecular weight excluding hydrogens is 242 g/mol. The fourth-order valence-corrected chi connectivity index (χ4v) is 2.07. The van der Waals surface area contributed by atoms with Gasteiger partial charge in [0.1, 0.15) is 0 Å². The topological polar surface area (TPSA) is 67.5 Å². The monoisotopic (exact) mass is 253 g/mol. The highest BCUT2D eigenvalue weighted by Gasteiger charge is 2.16. The van der Waals surface area contributed by atoms with E-state index in [1.54, 1.807) is 22.9 Å². The van der Waals surface area contributed by atoms with E-state index in [9.17, 15) is 4.79 Å². The van der Waals surface area contributed by atoms with Crippen LogP contribution in [0.25, 0.3) is 17.0 Å². The molecule has 94 valence electrons. The van der Waals surface area contributed by atoms with Gasteiger partial charge < -0.3 is 5.11 Å². The minimum absolute atomic E-state index is 0.0862. The summed E-state index contributed by atoms with van der Waals surface area (Å²) in [4.78, 5) is 19.6. The largest absolute Gasteiger partial charge is 0.481 e. The molecule has 0 aliphatic carbocycles. The molecule has 19 heavy (non-hydrogen) atoms. The van der Waals surface area contributed by atoms with E-state index in [1.165, 1.54) is 0 Å². The van der Waals surface area contributed by atoms with Gasteiger partial charge in [-0.1, -0.05) is 30.3 Å². The first-order valence-corrected chi connectivity index (χ1v) is 5.85. The number of carboxylic acid groups (broad SMARTS) is 1. The van der Waals surface area contributed by atoms with Crippen LogP contribution in [0.15, 0.2) is 48.8 Å². The van der Waals surface area contributed by atoms with Crippen LogP contribution in [-0.4, -0.2) is 25.4 Å². The third kappa shape index (κ3) is 2.06. The van der Waals surface area contributed by atoms with Crippen LogP contribution in [0, 0.1) is 0 Å². The number of hydrogen-bond acceptors (Lipinski definition) is 3. The number of benzene rings is 1. The summed E-state index contributed by atoms with van der Waals surface area (Å²) in [5, 5.41) is 9.05. The second kappa shape index (κ2) is 4.53. The zero-order valence-electron chi connectivity index (χ0n) is 10.0. The molecule has 2 aromatic heterocycles. The standard InChI is InChI=1S/C14H11N3O2/c18-12(19)9-11-13(10-5-2-1-3-6-10)16-14-15-7-4-8-17(11)14/h1-8H,9H2,(H,18,19). The van der Waals surface area contributed by atoms with E-state index in [0.29, 0.717) is 17.2 Å². The second-order valence-electron chi connectivity index (χ2n) is 4.13. The number of hydrogen-bond donors (Lipinski definition) is 1. The SMILES string of the molecule is O=C(O)Cc1c(-c2ccccc2)nc2ncccn12. The molecule has 0 fully saturated rings. The Kier molecular flexibility index (Phi) is 2.72. The van der Waals surface area contributed by atoms with Gasteiger partial charge in [-0.15, -0.1) is 0 Å². The molecule has 0 atom stereocenters. The first kappa shape index (κ1) is 11.4. The average molecular weight is 253 g/mol. The van der Waals surface area contributed by atoms with E-state index in [1.807, 2.05) is 30.3 Å². The predicted octanol–water partition coefficient (Wildman–Crippen LogP) is 2.02. The van der Waals surface area contributed by atoms with Crippen LogP contribution >= 0.6 is 0 Å². The van der Waals surface area contributed by atoms with Crippen LogP contribution in [0.5, 0.6) is 0 Å². The summed E-state index contributed by atoms with van der Waals surface area (Å²) >= 11 is 0. The molecule has 3 rings (SSSR count). The molecule has 2 heterocycles. The number of aliphatic carboxylic acids is 1. The van der Waals surface area contributed by atoms with Crippen molar-refractivity contribution >= 4 is 11.7 Å². The zero-order chi connectivity index (χ0) is 13.2. The Bertz CT molecular complexity index is 735. The number of imidazole rings is 1. The number of fused-ring (bicyclic) bond motifs is 1. The molecule has 3 aromatic rings. The lowest BCUT2D eigenvalue weighted by molar-refractivity contribution is -0.136. The molecule has 0 aliphatic heterocycles. The van der Waals surface area contributed by atoms with Crippen molar-refractivity contribution in [3.8, 4) is 11.3 Å². The van der Waals surface area contributed by atoms with Gasteiger partial charge in [0.15, 0.2) is 0 Å². The van der Waals surface area contributed by atoms with Crippen LogP contribution < -0.4 is 0 Å². The number of aromatic nitrogens is 3. The Hall–Kier alpha value is -2.69. The summed E-state index contributed by atoms with van der Waals surface area (Å²) in [6.45, 7) is 0. The molecule has 0 amide bonds. The van der Waals surface area contributed by atoms with E-state index in [2.05, 4.69) is 9.97 Å². The van der Waals surface area contributed by atoms with Gasteiger partial charge in [0.05, 0.1) is 17.8 Å². The lowest BCUT2D eigenvalue weighted by atomic mass is 10.1. The molecule has 0 aliphatic rings. The molecule has 1 N–H and O–H groups in total. The highest BCUT2D eigenvalue weighted by molar-refractivity contribution is 5.75. The van der Waals surface area contributed by atoms with Gasteiger partial charge in [0.2, 0.25) is 5.78 Å². The summed E-state index contributed by atoms with van der Waals surface area (Å²) in [5.41, 5.74) is 2.20. The number of carboxylic acids is 1. The maximum atomic E-state index is 11.0. The van der Waals surface area contributed by atoms with Gasteiger partial charge in [-0.2, -0.15) is 0 Å². The van der Waals surface area contributed by atoms with Gasteiger partial charge in [-0.05, 0) is 6.07 Å². The summed E-state index contributed by atoms with van der Waals surface area (Å²) < 4.78 is 1.72. The van der Waals surface area contributed by atoms with E-state index in [-0.39, 0.29) is 6.42 Å². The van der Waals surface area contributed by atoms with E-state index >= 15 is 0 Å². The fraction of sp³-hybridized carbons (Fsp3) is 0.0714. The Balaban J connectivity index is 2.26. The van der Waals surface area contributed by atoms with Crippen molar-refractivity contribution < 1.29 is 9.90 Å². The zero-order valence-corrected chi connectivity index (χ0v) is 10.0. The van der Waals surface area contributed by atoms with E-state index in [4.69, 9.17) is 5.11 Å². The van der Waals surface area contributed by atoms with Crippen molar-refractivity contribution in [2.75, 3.05) is 0 Å². The number of nitrogens with zero attached hydrogens (tertiary/aromatic N) is 3. The fourth-order valence-electron chi connectivity index (χ4n) is 2.07. The van der Waals surface area contributed by atoms with Gasteiger partial charge >= 0.3 is 5.97 Å².